The summed E-state index contributed by atoms with van der Waals surface area (Å²) in [6.07, 6.45) is 3.52. The van der Waals surface area contributed by atoms with E-state index in [2.05, 4.69) is 0 Å². The average Bonchev–Trinajstić information content (AvgIpc) is 2.35. The number of carbonyl (C=O) groups is 1. The molecule has 1 aromatic rings. The van der Waals surface area contributed by atoms with Crippen LogP contribution in [0.2, 0.25) is 0 Å². The van der Waals surface area contributed by atoms with E-state index in [1.807, 2.05) is 13.1 Å². The van der Waals surface area contributed by atoms with Gasteiger partial charge in [-0.2, -0.15) is 0 Å². The van der Waals surface area contributed by atoms with Gasteiger partial charge in [-0.3, -0.25) is 9.59 Å². The van der Waals surface area contributed by atoms with E-state index in [1.165, 1.54) is 0 Å². The van der Waals surface area contributed by atoms with Crippen LogP contribution in [0.25, 0.3) is 0 Å². The highest BCUT2D eigenvalue weighted by molar-refractivity contribution is 5.95. The fourth-order valence-electron chi connectivity index (χ4n) is 2.12. The Bertz CT molecular complexity index is 490. The Balaban J connectivity index is 2.57. The zero-order chi connectivity index (χ0) is 11.9. The summed E-state index contributed by atoms with van der Waals surface area (Å²) in [5, 5.41) is 0. The number of aromatic nitrogens is 1. The molecule has 1 aliphatic heterocycles. The van der Waals surface area contributed by atoms with E-state index in [-0.39, 0.29) is 17.4 Å². The van der Waals surface area contributed by atoms with E-state index in [4.69, 9.17) is 0 Å². The number of hydrogen-bond donors (Lipinski definition) is 0. The van der Waals surface area contributed by atoms with Gasteiger partial charge in [0.15, 0.2) is 0 Å². The van der Waals surface area contributed by atoms with Crippen LogP contribution in [0.5, 0.6) is 0 Å². The number of aryl methyl sites for hydroxylation is 2. The third-order valence-electron chi connectivity index (χ3n) is 3.25. The number of nitrogens with zero attached hydrogens (tertiary/aromatic N) is 2. The third kappa shape index (κ3) is 1.64. The molecule has 1 aromatic heterocycles. The lowest BCUT2D eigenvalue weighted by Gasteiger charge is -2.19. The molecule has 2 rings (SSSR count). The molecule has 0 saturated heterocycles. The second kappa shape index (κ2) is 3.77. The van der Waals surface area contributed by atoms with Crippen LogP contribution in [0.1, 0.15) is 18.9 Å². The minimum Gasteiger partial charge on any atom is -0.318 e. The summed E-state index contributed by atoms with van der Waals surface area (Å²) in [6, 6.07) is 1.55. The molecule has 0 N–H and O–H groups in total. The van der Waals surface area contributed by atoms with Gasteiger partial charge in [-0.15, -0.1) is 0 Å². The van der Waals surface area contributed by atoms with E-state index >= 15 is 0 Å². The van der Waals surface area contributed by atoms with Crippen LogP contribution in [-0.2, 0) is 18.3 Å². The molecule has 4 nitrogen and oxygen atoms in total. The highest BCUT2D eigenvalue weighted by Crippen LogP contribution is 2.26. The lowest BCUT2D eigenvalue weighted by atomic mass is 10.0. The lowest BCUT2D eigenvalue weighted by Crippen LogP contribution is -2.31. The van der Waals surface area contributed by atoms with E-state index in [0.717, 1.165) is 24.1 Å². The summed E-state index contributed by atoms with van der Waals surface area (Å²) in [5.74, 6) is 0.116. The maximum absolute atomic E-state index is 11.9. The van der Waals surface area contributed by atoms with Crippen LogP contribution < -0.4 is 10.5 Å². The van der Waals surface area contributed by atoms with Crippen molar-refractivity contribution in [2.75, 3.05) is 11.9 Å². The first kappa shape index (κ1) is 10.9. The minimum atomic E-state index is -0.0760. The summed E-state index contributed by atoms with van der Waals surface area (Å²) in [6.45, 7) is 1.93. The van der Waals surface area contributed by atoms with Crippen molar-refractivity contribution in [2.24, 2.45) is 13.0 Å². The Kier molecular flexibility index (Phi) is 2.58. The number of carbonyl (C=O) groups excluding carboxylic acids is 1. The van der Waals surface area contributed by atoms with Crippen molar-refractivity contribution >= 4 is 11.6 Å². The van der Waals surface area contributed by atoms with Crippen molar-refractivity contribution in [3.63, 3.8) is 0 Å². The van der Waals surface area contributed by atoms with Crippen molar-refractivity contribution < 1.29 is 4.79 Å². The molecule has 0 spiro atoms. The molecule has 1 atom stereocenters. The monoisotopic (exact) mass is 220 g/mol. The molecule has 16 heavy (non-hydrogen) atoms. The predicted octanol–water partition coefficient (Wildman–Crippen LogP) is 0.930. The van der Waals surface area contributed by atoms with Gasteiger partial charge in [0.25, 0.3) is 5.56 Å². The standard InChI is InChI=1S/C12H16N2O2/c1-8-4-5-9-7-13(2)11(15)6-10(9)14(3)12(8)16/h6-8H,4-5H2,1-3H3. The summed E-state index contributed by atoms with van der Waals surface area (Å²) in [4.78, 5) is 25.1. The summed E-state index contributed by atoms with van der Waals surface area (Å²) in [7, 11) is 3.47. The highest BCUT2D eigenvalue weighted by Gasteiger charge is 2.25. The van der Waals surface area contributed by atoms with Gasteiger partial charge >= 0.3 is 0 Å². The zero-order valence-electron chi connectivity index (χ0n) is 9.86. The number of anilines is 1. The number of amides is 1. The van der Waals surface area contributed by atoms with Gasteiger partial charge in [-0.05, 0) is 18.4 Å². The van der Waals surface area contributed by atoms with Crippen molar-refractivity contribution in [1.29, 1.82) is 0 Å². The second-order valence-corrected chi connectivity index (χ2v) is 4.47. The topological polar surface area (TPSA) is 42.3 Å². The Morgan fingerprint density at radius 1 is 1.31 bits per heavy atom. The maximum atomic E-state index is 11.9. The second-order valence-electron chi connectivity index (χ2n) is 4.47. The van der Waals surface area contributed by atoms with Crippen LogP contribution in [0, 0.1) is 5.92 Å². The van der Waals surface area contributed by atoms with E-state index in [1.54, 1.807) is 29.6 Å². The van der Waals surface area contributed by atoms with Crippen LogP contribution in [0.15, 0.2) is 17.1 Å². The lowest BCUT2D eigenvalue weighted by molar-refractivity contribution is -0.121. The van der Waals surface area contributed by atoms with Crippen molar-refractivity contribution in [2.45, 2.75) is 19.8 Å². The molecular formula is C12H16N2O2. The number of rotatable bonds is 0. The van der Waals surface area contributed by atoms with Crippen molar-refractivity contribution in [1.82, 2.24) is 4.57 Å². The molecule has 2 heterocycles. The van der Waals surface area contributed by atoms with E-state index in [0.29, 0.717) is 0 Å². The summed E-state index contributed by atoms with van der Waals surface area (Å²) < 4.78 is 1.56. The molecule has 1 aliphatic rings. The van der Waals surface area contributed by atoms with Gasteiger partial charge < -0.3 is 9.47 Å². The van der Waals surface area contributed by atoms with Crippen molar-refractivity contribution in [3.8, 4) is 0 Å². The molecule has 0 bridgehead atoms. The SMILES string of the molecule is CC1CCc2cn(C)c(=O)cc2N(C)C1=O. The Morgan fingerprint density at radius 2 is 2.00 bits per heavy atom. The molecule has 1 unspecified atom stereocenters. The van der Waals surface area contributed by atoms with E-state index in [9.17, 15) is 9.59 Å². The maximum Gasteiger partial charge on any atom is 0.252 e. The summed E-state index contributed by atoms with van der Waals surface area (Å²) in [5.41, 5.74) is 1.76. The number of fused-ring (bicyclic) bond motifs is 1. The minimum absolute atomic E-state index is 0.0257. The molecule has 1 amide bonds. The van der Waals surface area contributed by atoms with Crippen LogP contribution >= 0.6 is 0 Å². The molecule has 86 valence electrons. The van der Waals surface area contributed by atoms with Gasteiger partial charge in [0.2, 0.25) is 5.91 Å². The largest absolute Gasteiger partial charge is 0.318 e. The fourth-order valence-corrected chi connectivity index (χ4v) is 2.12. The number of pyridine rings is 1. The smallest absolute Gasteiger partial charge is 0.252 e. The van der Waals surface area contributed by atoms with Crippen LogP contribution in [0.4, 0.5) is 5.69 Å². The molecule has 0 saturated carbocycles. The Morgan fingerprint density at radius 3 is 2.69 bits per heavy atom. The quantitative estimate of drug-likeness (QED) is 0.652. The normalized spacial score (nSPS) is 20.6. The molecule has 0 aliphatic carbocycles. The average molecular weight is 220 g/mol. The van der Waals surface area contributed by atoms with Gasteiger partial charge in [0.1, 0.15) is 0 Å². The van der Waals surface area contributed by atoms with Gasteiger partial charge in [0, 0.05) is 32.3 Å². The molecular weight excluding hydrogens is 204 g/mol. The highest BCUT2D eigenvalue weighted by atomic mass is 16.2. The third-order valence-corrected chi connectivity index (χ3v) is 3.25. The van der Waals surface area contributed by atoms with Crippen LogP contribution in [0.3, 0.4) is 0 Å². The first-order valence-electron chi connectivity index (χ1n) is 5.48. The van der Waals surface area contributed by atoms with Crippen LogP contribution in [-0.4, -0.2) is 17.5 Å². The number of hydrogen-bond acceptors (Lipinski definition) is 2. The summed E-state index contributed by atoms with van der Waals surface area (Å²) >= 11 is 0. The van der Waals surface area contributed by atoms with E-state index < -0.39 is 0 Å². The predicted molar refractivity (Wildman–Crippen MR) is 62.6 cm³/mol. The van der Waals surface area contributed by atoms with Gasteiger partial charge in [0.05, 0.1) is 5.69 Å². The molecule has 0 radical (unpaired) electrons. The zero-order valence-corrected chi connectivity index (χ0v) is 9.86. The first-order chi connectivity index (χ1) is 7.50. The Hall–Kier alpha value is -1.58. The van der Waals surface area contributed by atoms with Gasteiger partial charge in [-0.25, -0.2) is 0 Å². The molecule has 0 fully saturated rings. The van der Waals surface area contributed by atoms with Crippen molar-refractivity contribution in [3.05, 3.63) is 28.2 Å². The first-order valence-corrected chi connectivity index (χ1v) is 5.48. The fraction of sp³-hybridized carbons (Fsp3) is 0.500. The Labute approximate surface area is 94.5 Å². The van der Waals surface area contributed by atoms with Gasteiger partial charge in [-0.1, -0.05) is 6.92 Å². The molecule has 0 aromatic carbocycles. The molecule has 4 heteroatoms.